The first-order valence-corrected chi connectivity index (χ1v) is 11.4. The summed E-state index contributed by atoms with van der Waals surface area (Å²) >= 11 is 0. The SMILES string of the molecule is CC(C)(C)OC(=O)CCN1CCOC(c2ccc(OCCCOc3ccccc3)cc2)C1. The molecule has 1 atom stereocenters. The van der Waals surface area contributed by atoms with Gasteiger partial charge < -0.3 is 18.9 Å². The van der Waals surface area contributed by atoms with Crippen molar-refractivity contribution in [2.24, 2.45) is 0 Å². The number of benzene rings is 2. The van der Waals surface area contributed by atoms with Crippen LogP contribution in [0, 0.1) is 0 Å². The van der Waals surface area contributed by atoms with Gasteiger partial charge in [0, 0.05) is 26.1 Å². The molecule has 1 aliphatic heterocycles. The molecule has 0 amide bonds. The van der Waals surface area contributed by atoms with Crippen LogP contribution in [0.4, 0.5) is 0 Å². The molecule has 1 heterocycles. The molecule has 2 aromatic carbocycles. The van der Waals surface area contributed by atoms with E-state index in [1.807, 2.05) is 63.2 Å². The highest BCUT2D eigenvalue weighted by atomic mass is 16.6. The lowest BCUT2D eigenvalue weighted by Gasteiger charge is -2.33. The Morgan fingerprint density at radius 1 is 1.00 bits per heavy atom. The predicted molar refractivity (Wildman–Crippen MR) is 124 cm³/mol. The van der Waals surface area contributed by atoms with Gasteiger partial charge in [0.25, 0.3) is 0 Å². The van der Waals surface area contributed by atoms with Crippen molar-refractivity contribution in [2.75, 3.05) is 39.5 Å². The van der Waals surface area contributed by atoms with Gasteiger partial charge in [0.2, 0.25) is 0 Å². The Morgan fingerprint density at radius 3 is 2.31 bits per heavy atom. The third-order valence-electron chi connectivity index (χ3n) is 5.02. The van der Waals surface area contributed by atoms with Crippen LogP contribution in [0.1, 0.15) is 45.3 Å². The van der Waals surface area contributed by atoms with Gasteiger partial charge in [-0.25, -0.2) is 0 Å². The van der Waals surface area contributed by atoms with E-state index in [1.165, 1.54) is 0 Å². The van der Waals surface area contributed by atoms with E-state index in [4.69, 9.17) is 18.9 Å². The predicted octanol–water partition coefficient (Wildman–Crippen LogP) is 4.64. The molecule has 6 nitrogen and oxygen atoms in total. The summed E-state index contributed by atoms with van der Waals surface area (Å²) in [5, 5.41) is 0. The number of morpholine rings is 1. The first-order valence-electron chi connectivity index (χ1n) is 11.4. The highest BCUT2D eigenvalue weighted by Crippen LogP contribution is 2.24. The minimum absolute atomic E-state index is 0.00397. The molecule has 0 aromatic heterocycles. The van der Waals surface area contributed by atoms with Crippen LogP contribution >= 0.6 is 0 Å². The van der Waals surface area contributed by atoms with Crippen LogP contribution in [0.15, 0.2) is 54.6 Å². The number of nitrogens with zero attached hydrogens (tertiary/aromatic N) is 1. The Kier molecular flexibility index (Phi) is 8.94. The van der Waals surface area contributed by atoms with Gasteiger partial charge in [-0.15, -0.1) is 0 Å². The zero-order valence-corrected chi connectivity index (χ0v) is 19.4. The summed E-state index contributed by atoms with van der Waals surface area (Å²) in [5.74, 6) is 1.56. The van der Waals surface area contributed by atoms with Crippen molar-refractivity contribution in [1.29, 1.82) is 0 Å². The third kappa shape index (κ3) is 8.52. The van der Waals surface area contributed by atoms with E-state index in [-0.39, 0.29) is 12.1 Å². The molecule has 1 fully saturated rings. The molecule has 0 aliphatic carbocycles. The maximum absolute atomic E-state index is 12.0. The molecule has 1 unspecified atom stereocenters. The highest BCUT2D eigenvalue weighted by molar-refractivity contribution is 5.70. The van der Waals surface area contributed by atoms with Crippen LogP contribution in [0.3, 0.4) is 0 Å². The van der Waals surface area contributed by atoms with Gasteiger partial charge in [0.05, 0.1) is 32.3 Å². The molecule has 32 heavy (non-hydrogen) atoms. The topological polar surface area (TPSA) is 57.2 Å². The Bertz CT molecular complexity index is 816. The third-order valence-corrected chi connectivity index (χ3v) is 5.02. The maximum Gasteiger partial charge on any atom is 0.307 e. The summed E-state index contributed by atoms with van der Waals surface area (Å²) in [7, 11) is 0. The summed E-state index contributed by atoms with van der Waals surface area (Å²) in [5.41, 5.74) is 0.676. The van der Waals surface area contributed by atoms with Gasteiger partial charge in [0.1, 0.15) is 17.1 Å². The molecule has 0 bridgehead atoms. The fourth-order valence-corrected chi connectivity index (χ4v) is 3.48. The average molecular weight is 442 g/mol. The Hall–Kier alpha value is -2.57. The van der Waals surface area contributed by atoms with E-state index in [2.05, 4.69) is 17.0 Å². The quantitative estimate of drug-likeness (QED) is 0.395. The van der Waals surface area contributed by atoms with E-state index < -0.39 is 5.60 Å². The van der Waals surface area contributed by atoms with Gasteiger partial charge in [0.15, 0.2) is 0 Å². The number of carbonyl (C=O) groups is 1. The summed E-state index contributed by atoms with van der Waals surface area (Å²) < 4.78 is 22.9. The maximum atomic E-state index is 12.0. The molecule has 0 spiro atoms. The minimum Gasteiger partial charge on any atom is -0.493 e. The standard InChI is InChI=1S/C26H35NO5/c1-26(2,3)32-25(28)14-15-27-16-19-31-24(20-27)21-10-12-23(13-11-21)30-18-7-17-29-22-8-5-4-6-9-22/h4-6,8-13,24H,7,14-20H2,1-3H3. The first-order chi connectivity index (χ1) is 15.4. The Labute approximate surface area is 191 Å². The smallest absolute Gasteiger partial charge is 0.307 e. The second-order valence-corrected chi connectivity index (χ2v) is 8.93. The number of para-hydroxylation sites is 1. The zero-order chi connectivity index (χ0) is 22.8. The molecule has 1 aliphatic rings. The lowest BCUT2D eigenvalue weighted by molar-refractivity contribution is -0.155. The fraction of sp³-hybridized carbons (Fsp3) is 0.500. The van der Waals surface area contributed by atoms with E-state index in [0.29, 0.717) is 32.8 Å². The number of hydrogen-bond donors (Lipinski definition) is 0. The van der Waals surface area contributed by atoms with Crippen molar-refractivity contribution < 1.29 is 23.7 Å². The van der Waals surface area contributed by atoms with Crippen LogP contribution in [0.2, 0.25) is 0 Å². The molecule has 0 saturated carbocycles. The van der Waals surface area contributed by atoms with E-state index in [0.717, 1.165) is 36.6 Å². The van der Waals surface area contributed by atoms with Gasteiger partial charge in [-0.2, -0.15) is 0 Å². The molecular weight excluding hydrogens is 406 g/mol. The molecule has 3 rings (SSSR count). The summed E-state index contributed by atoms with van der Waals surface area (Å²) in [6.07, 6.45) is 1.20. The van der Waals surface area contributed by atoms with E-state index >= 15 is 0 Å². The second-order valence-electron chi connectivity index (χ2n) is 8.93. The number of hydrogen-bond acceptors (Lipinski definition) is 6. The molecule has 6 heteroatoms. The van der Waals surface area contributed by atoms with Gasteiger partial charge in [-0.3, -0.25) is 9.69 Å². The van der Waals surface area contributed by atoms with Crippen LogP contribution in [0.25, 0.3) is 0 Å². The van der Waals surface area contributed by atoms with Crippen molar-refractivity contribution in [1.82, 2.24) is 4.90 Å². The fourth-order valence-electron chi connectivity index (χ4n) is 3.48. The minimum atomic E-state index is -0.441. The Balaban J connectivity index is 1.37. The van der Waals surface area contributed by atoms with E-state index in [1.54, 1.807) is 0 Å². The van der Waals surface area contributed by atoms with E-state index in [9.17, 15) is 4.79 Å². The molecule has 0 N–H and O–H groups in total. The number of carbonyl (C=O) groups excluding carboxylic acids is 1. The molecular formula is C26H35NO5. The van der Waals surface area contributed by atoms with Crippen molar-refractivity contribution >= 4 is 5.97 Å². The molecule has 2 aromatic rings. The normalized spacial score (nSPS) is 17.0. The van der Waals surface area contributed by atoms with Crippen molar-refractivity contribution in [3.8, 4) is 11.5 Å². The highest BCUT2D eigenvalue weighted by Gasteiger charge is 2.23. The van der Waals surface area contributed by atoms with Crippen LogP contribution in [0.5, 0.6) is 11.5 Å². The van der Waals surface area contributed by atoms with Crippen LogP contribution in [-0.2, 0) is 14.3 Å². The molecule has 1 saturated heterocycles. The summed E-state index contributed by atoms with van der Waals surface area (Å²) in [6.45, 7) is 9.82. The summed E-state index contributed by atoms with van der Waals surface area (Å²) in [4.78, 5) is 14.2. The zero-order valence-electron chi connectivity index (χ0n) is 19.4. The number of ether oxygens (including phenoxy) is 4. The van der Waals surface area contributed by atoms with Crippen molar-refractivity contribution in [3.63, 3.8) is 0 Å². The monoisotopic (exact) mass is 441 g/mol. The van der Waals surface area contributed by atoms with Crippen LogP contribution in [-0.4, -0.2) is 55.9 Å². The van der Waals surface area contributed by atoms with Crippen LogP contribution < -0.4 is 9.47 Å². The molecule has 174 valence electrons. The van der Waals surface area contributed by atoms with Gasteiger partial charge >= 0.3 is 5.97 Å². The lowest BCUT2D eigenvalue weighted by Crippen LogP contribution is -2.39. The Morgan fingerprint density at radius 2 is 1.66 bits per heavy atom. The average Bonchev–Trinajstić information content (AvgIpc) is 2.78. The van der Waals surface area contributed by atoms with Gasteiger partial charge in [-0.1, -0.05) is 30.3 Å². The molecule has 0 radical (unpaired) electrons. The van der Waals surface area contributed by atoms with Gasteiger partial charge in [-0.05, 0) is 50.6 Å². The van der Waals surface area contributed by atoms with Crippen molar-refractivity contribution in [2.45, 2.75) is 45.3 Å². The lowest BCUT2D eigenvalue weighted by atomic mass is 10.1. The first kappa shape index (κ1) is 24.1. The summed E-state index contributed by atoms with van der Waals surface area (Å²) in [6, 6.07) is 17.9. The van der Waals surface area contributed by atoms with Crippen molar-refractivity contribution in [3.05, 3.63) is 60.2 Å². The number of esters is 1. The second kappa shape index (κ2) is 11.9. The number of rotatable bonds is 10. The largest absolute Gasteiger partial charge is 0.493 e.